The van der Waals surface area contributed by atoms with Gasteiger partial charge in [0.05, 0.1) is 10.6 Å². The molecular formula is C16H12FNO3S. The molecule has 6 heteroatoms. The van der Waals surface area contributed by atoms with Gasteiger partial charge in [-0.1, -0.05) is 35.5 Å². The Morgan fingerprint density at radius 3 is 2.36 bits per heavy atom. The number of sulfone groups is 1. The Morgan fingerprint density at radius 1 is 1.00 bits per heavy atom. The second-order valence-electron chi connectivity index (χ2n) is 4.76. The van der Waals surface area contributed by atoms with Crippen LogP contribution in [0.15, 0.2) is 70.1 Å². The molecule has 0 bridgehead atoms. The molecule has 22 heavy (non-hydrogen) atoms. The maximum absolute atomic E-state index is 12.9. The maximum atomic E-state index is 12.9. The van der Waals surface area contributed by atoms with Crippen LogP contribution in [0.4, 0.5) is 4.39 Å². The molecule has 0 aliphatic heterocycles. The highest BCUT2D eigenvalue weighted by Gasteiger charge is 2.18. The molecule has 0 aliphatic rings. The molecule has 0 radical (unpaired) electrons. The number of nitrogens with zero attached hydrogens (tertiary/aromatic N) is 1. The average Bonchev–Trinajstić information content (AvgIpc) is 2.96. The second kappa shape index (κ2) is 5.73. The first kappa shape index (κ1) is 14.5. The first-order valence-corrected chi connectivity index (χ1v) is 8.19. The van der Waals surface area contributed by atoms with Gasteiger partial charge in [0.1, 0.15) is 11.6 Å². The third-order valence-corrected chi connectivity index (χ3v) is 4.79. The first-order valence-electron chi connectivity index (χ1n) is 6.54. The summed E-state index contributed by atoms with van der Waals surface area (Å²) < 4.78 is 42.6. The van der Waals surface area contributed by atoms with Crippen LogP contribution in [-0.4, -0.2) is 13.6 Å². The Balaban J connectivity index is 1.84. The van der Waals surface area contributed by atoms with Crippen LogP contribution < -0.4 is 0 Å². The van der Waals surface area contributed by atoms with Crippen molar-refractivity contribution in [2.24, 2.45) is 0 Å². The van der Waals surface area contributed by atoms with E-state index in [0.717, 1.165) is 17.7 Å². The molecule has 0 spiro atoms. The lowest BCUT2D eigenvalue weighted by Crippen LogP contribution is -2.05. The lowest BCUT2D eigenvalue weighted by Gasteiger charge is -2.01. The zero-order chi connectivity index (χ0) is 15.6. The zero-order valence-corrected chi connectivity index (χ0v) is 12.3. The SMILES string of the molecule is O=S(=O)(Cc1cc(-c2ccccc2)on1)c1ccc(F)cc1. The van der Waals surface area contributed by atoms with Gasteiger partial charge in [-0.2, -0.15) is 0 Å². The van der Waals surface area contributed by atoms with Gasteiger partial charge < -0.3 is 4.52 Å². The summed E-state index contributed by atoms with van der Waals surface area (Å²) in [7, 11) is -3.59. The standard InChI is InChI=1S/C16H12FNO3S/c17-13-6-8-15(9-7-13)22(19,20)11-14-10-16(21-18-14)12-4-2-1-3-5-12/h1-10H,11H2. The molecule has 4 nitrogen and oxygen atoms in total. The monoisotopic (exact) mass is 317 g/mol. The minimum absolute atomic E-state index is 0.0539. The molecule has 0 saturated heterocycles. The van der Waals surface area contributed by atoms with E-state index in [-0.39, 0.29) is 10.6 Å². The van der Waals surface area contributed by atoms with Gasteiger partial charge in [-0.15, -0.1) is 0 Å². The largest absolute Gasteiger partial charge is 0.356 e. The van der Waals surface area contributed by atoms with Gasteiger partial charge in [0.25, 0.3) is 0 Å². The number of aromatic nitrogens is 1. The van der Waals surface area contributed by atoms with Crippen LogP contribution in [0.5, 0.6) is 0 Å². The molecule has 0 N–H and O–H groups in total. The van der Waals surface area contributed by atoms with Gasteiger partial charge in [-0.3, -0.25) is 0 Å². The van der Waals surface area contributed by atoms with E-state index in [4.69, 9.17) is 4.52 Å². The first-order chi connectivity index (χ1) is 10.5. The summed E-state index contributed by atoms with van der Waals surface area (Å²) in [5.74, 6) is -0.272. The molecule has 3 aromatic rings. The fourth-order valence-corrected chi connectivity index (χ4v) is 3.28. The minimum Gasteiger partial charge on any atom is -0.356 e. The van der Waals surface area contributed by atoms with E-state index >= 15 is 0 Å². The number of halogens is 1. The van der Waals surface area contributed by atoms with Crippen molar-refractivity contribution in [1.29, 1.82) is 0 Å². The quantitative estimate of drug-likeness (QED) is 0.691. The van der Waals surface area contributed by atoms with Crippen molar-refractivity contribution >= 4 is 9.84 Å². The van der Waals surface area contributed by atoms with Crippen molar-refractivity contribution in [2.45, 2.75) is 10.6 Å². The summed E-state index contributed by atoms with van der Waals surface area (Å²) in [5.41, 5.74) is 1.13. The van der Waals surface area contributed by atoms with Gasteiger partial charge >= 0.3 is 0 Å². The van der Waals surface area contributed by atoms with Crippen LogP contribution in [0.1, 0.15) is 5.69 Å². The number of benzene rings is 2. The van der Waals surface area contributed by atoms with Crippen LogP contribution in [0, 0.1) is 5.82 Å². The van der Waals surface area contributed by atoms with Crippen LogP contribution in [0.25, 0.3) is 11.3 Å². The highest BCUT2D eigenvalue weighted by Crippen LogP contribution is 2.22. The summed E-state index contributed by atoms with van der Waals surface area (Å²) in [6, 6.07) is 15.6. The minimum atomic E-state index is -3.59. The average molecular weight is 317 g/mol. The Hall–Kier alpha value is -2.47. The highest BCUT2D eigenvalue weighted by atomic mass is 32.2. The Bertz CT molecular complexity index is 871. The van der Waals surface area contributed by atoms with E-state index in [9.17, 15) is 12.8 Å². The summed E-state index contributed by atoms with van der Waals surface area (Å²) >= 11 is 0. The molecule has 3 rings (SSSR count). The normalized spacial score (nSPS) is 11.5. The van der Waals surface area contributed by atoms with Crippen LogP contribution in [0.2, 0.25) is 0 Å². The smallest absolute Gasteiger partial charge is 0.184 e. The fourth-order valence-electron chi connectivity index (χ4n) is 2.04. The maximum Gasteiger partial charge on any atom is 0.184 e. The molecule has 112 valence electrons. The third kappa shape index (κ3) is 3.07. The topological polar surface area (TPSA) is 60.2 Å². The number of hydrogen-bond donors (Lipinski definition) is 0. The van der Waals surface area contributed by atoms with Crippen molar-refractivity contribution in [3.8, 4) is 11.3 Å². The van der Waals surface area contributed by atoms with E-state index in [1.807, 2.05) is 30.3 Å². The Kier molecular flexibility index (Phi) is 3.77. The van der Waals surface area contributed by atoms with E-state index in [1.54, 1.807) is 6.07 Å². The molecule has 0 atom stereocenters. The molecule has 0 saturated carbocycles. The predicted octanol–water partition coefficient (Wildman–Crippen LogP) is 3.45. The van der Waals surface area contributed by atoms with Gasteiger partial charge in [-0.05, 0) is 24.3 Å². The molecule has 1 heterocycles. The lowest BCUT2D eigenvalue weighted by atomic mass is 10.2. The van der Waals surface area contributed by atoms with Crippen LogP contribution in [0.3, 0.4) is 0 Å². The lowest BCUT2D eigenvalue weighted by molar-refractivity contribution is 0.425. The number of rotatable bonds is 4. The molecule has 1 aromatic heterocycles. The van der Waals surface area contributed by atoms with Crippen molar-refractivity contribution in [1.82, 2.24) is 5.16 Å². The predicted molar refractivity (Wildman–Crippen MR) is 79.2 cm³/mol. The van der Waals surface area contributed by atoms with E-state index in [0.29, 0.717) is 11.5 Å². The van der Waals surface area contributed by atoms with Crippen LogP contribution in [-0.2, 0) is 15.6 Å². The number of hydrogen-bond acceptors (Lipinski definition) is 4. The van der Waals surface area contributed by atoms with E-state index < -0.39 is 15.7 Å². The molecule has 0 unspecified atom stereocenters. The summed E-state index contributed by atoms with van der Waals surface area (Å²) in [5, 5.41) is 3.79. The third-order valence-electron chi connectivity index (χ3n) is 3.13. The van der Waals surface area contributed by atoms with Crippen molar-refractivity contribution < 1.29 is 17.3 Å². The molecule has 0 fully saturated rings. The Morgan fingerprint density at radius 2 is 1.68 bits per heavy atom. The van der Waals surface area contributed by atoms with Crippen LogP contribution >= 0.6 is 0 Å². The molecule has 0 aliphatic carbocycles. The van der Waals surface area contributed by atoms with Gasteiger partial charge in [0, 0.05) is 11.6 Å². The zero-order valence-electron chi connectivity index (χ0n) is 11.4. The summed E-state index contributed by atoms with van der Waals surface area (Å²) in [6.07, 6.45) is 0. The second-order valence-corrected chi connectivity index (χ2v) is 6.75. The highest BCUT2D eigenvalue weighted by molar-refractivity contribution is 7.90. The Labute approximate surface area is 127 Å². The van der Waals surface area contributed by atoms with Crippen molar-refractivity contribution in [3.05, 3.63) is 72.2 Å². The van der Waals surface area contributed by atoms with Gasteiger partial charge in [0.15, 0.2) is 15.6 Å². The van der Waals surface area contributed by atoms with Gasteiger partial charge in [-0.25, -0.2) is 12.8 Å². The fraction of sp³-hybridized carbons (Fsp3) is 0.0625. The van der Waals surface area contributed by atoms with Crippen molar-refractivity contribution in [2.75, 3.05) is 0 Å². The molecule has 0 amide bonds. The summed E-state index contributed by atoms with van der Waals surface area (Å²) in [4.78, 5) is 0.0539. The molecule has 2 aromatic carbocycles. The summed E-state index contributed by atoms with van der Waals surface area (Å²) in [6.45, 7) is 0. The van der Waals surface area contributed by atoms with Crippen molar-refractivity contribution in [3.63, 3.8) is 0 Å². The molecular weight excluding hydrogens is 305 g/mol. The van der Waals surface area contributed by atoms with E-state index in [1.165, 1.54) is 12.1 Å². The van der Waals surface area contributed by atoms with Gasteiger partial charge in [0.2, 0.25) is 0 Å². The van der Waals surface area contributed by atoms with E-state index in [2.05, 4.69) is 5.16 Å².